The van der Waals surface area contributed by atoms with Crippen molar-refractivity contribution in [2.24, 2.45) is 0 Å². The fraction of sp³-hybridized carbons (Fsp3) is 0.450. The minimum Gasteiger partial charge on any atom is -0.485 e. The van der Waals surface area contributed by atoms with E-state index in [1.54, 1.807) is 12.1 Å². The van der Waals surface area contributed by atoms with Crippen LogP contribution in [-0.2, 0) is 6.61 Å². The Hall–Kier alpha value is -1.98. The Morgan fingerprint density at radius 1 is 1.31 bits per heavy atom. The fourth-order valence-corrected chi connectivity index (χ4v) is 3.21. The van der Waals surface area contributed by atoms with Gasteiger partial charge in [0.25, 0.3) is 5.91 Å². The third kappa shape index (κ3) is 5.26. The number of benzene rings is 1. The predicted molar refractivity (Wildman–Crippen MR) is 104 cm³/mol. The van der Waals surface area contributed by atoms with Crippen LogP contribution in [0, 0.1) is 13.8 Å². The van der Waals surface area contributed by atoms with Crippen LogP contribution in [0.2, 0.25) is 0 Å². The number of furan rings is 1. The highest BCUT2D eigenvalue weighted by Gasteiger charge is 2.21. The molecule has 0 spiro atoms. The highest BCUT2D eigenvalue weighted by Crippen LogP contribution is 2.20. The van der Waals surface area contributed by atoms with Gasteiger partial charge in [-0.1, -0.05) is 17.7 Å². The number of carbonyl (C=O) groups excluding carboxylic acids is 1. The predicted octanol–water partition coefficient (Wildman–Crippen LogP) is 3.77. The van der Waals surface area contributed by atoms with Crippen molar-refractivity contribution in [3.63, 3.8) is 0 Å². The number of hydrogen-bond donors (Lipinski definition) is 2. The van der Waals surface area contributed by atoms with Gasteiger partial charge in [-0.3, -0.25) is 4.79 Å². The zero-order valence-corrected chi connectivity index (χ0v) is 16.3. The Morgan fingerprint density at radius 3 is 2.85 bits per heavy atom. The quantitative estimate of drug-likeness (QED) is 0.831. The van der Waals surface area contributed by atoms with Gasteiger partial charge in [0.05, 0.1) is 0 Å². The van der Waals surface area contributed by atoms with E-state index in [-0.39, 0.29) is 24.4 Å². The molecule has 2 heterocycles. The summed E-state index contributed by atoms with van der Waals surface area (Å²) < 4.78 is 11.4. The van der Waals surface area contributed by atoms with Crippen LogP contribution in [0.4, 0.5) is 0 Å². The lowest BCUT2D eigenvalue weighted by atomic mass is 10.0. The van der Waals surface area contributed by atoms with Gasteiger partial charge in [0.15, 0.2) is 5.76 Å². The number of hydrogen-bond acceptors (Lipinski definition) is 4. The minimum atomic E-state index is -0.156. The standard InChI is InChI=1S/C20H26N2O3.ClH/c1-13-4-6-18(14(2)10-13)24-12-17-5-7-19(25-17)20(23)22-16-8-9-21-15(3)11-16;/h4-7,10,15-16,21H,8-9,11-12H2,1-3H3,(H,22,23);1H. The molecule has 1 aromatic heterocycles. The average Bonchev–Trinajstić information content (AvgIpc) is 3.03. The molecule has 2 N–H and O–H groups in total. The molecule has 1 saturated heterocycles. The largest absolute Gasteiger partial charge is 0.485 e. The van der Waals surface area contributed by atoms with E-state index < -0.39 is 0 Å². The zero-order chi connectivity index (χ0) is 17.8. The SMILES string of the molecule is Cc1ccc(OCc2ccc(C(=O)NC3CCNC(C)C3)o2)c(C)c1.Cl. The number of amides is 1. The van der Waals surface area contributed by atoms with Crippen molar-refractivity contribution in [1.82, 2.24) is 10.6 Å². The maximum absolute atomic E-state index is 12.3. The van der Waals surface area contributed by atoms with Crippen molar-refractivity contribution in [3.8, 4) is 5.75 Å². The molecule has 1 aliphatic heterocycles. The van der Waals surface area contributed by atoms with Crippen molar-refractivity contribution in [1.29, 1.82) is 0 Å². The van der Waals surface area contributed by atoms with Gasteiger partial charge < -0.3 is 19.8 Å². The first-order valence-corrected chi connectivity index (χ1v) is 8.84. The molecular weight excluding hydrogens is 352 g/mol. The lowest BCUT2D eigenvalue weighted by molar-refractivity contribution is 0.0893. The van der Waals surface area contributed by atoms with Crippen LogP contribution in [0.3, 0.4) is 0 Å². The monoisotopic (exact) mass is 378 g/mol. The molecular formula is C20H27ClN2O3. The fourth-order valence-electron chi connectivity index (χ4n) is 3.21. The molecule has 1 aliphatic rings. The smallest absolute Gasteiger partial charge is 0.287 e. The maximum atomic E-state index is 12.3. The Labute approximate surface area is 160 Å². The number of halogens is 1. The topological polar surface area (TPSA) is 63.5 Å². The van der Waals surface area contributed by atoms with Crippen molar-refractivity contribution < 1.29 is 13.9 Å². The summed E-state index contributed by atoms with van der Waals surface area (Å²) in [5.41, 5.74) is 2.29. The molecule has 0 bridgehead atoms. The van der Waals surface area contributed by atoms with Gasteiger partial charge in [0.2, 0.25) is 0 Å². The zero-order valence-electron chi connectivity index (χ0n) is 15.5. The van der Waals surface area contributed by atoms with E-state index in [0.717, 1.165) is 30.7 Å². The second kappa shape index (κ2) is 9.10. The molecule has 2 atom stereocenters. The Balaban J connectivity index is 0.00000243. The third-order valence-corrected chi connectivity index (χ3v) is 4.54. The van der Waals surface area contributed by atoms with Crippen LogP contribution in [0.1, 0.15) is 47.2 Å². The second-order valence-electron chi connectivity index (χ2n) is 6.87. The van der Waals surface area contributed by atoms with E-state index in [4.69, 9.17) is 9.15 Å². The molecule has 5 nitrogen and oxygen atoms in total. The Morgan fingerprint density at radius 2 is 2.12 bits per heavy atom. The van der Waals surface area contributed by atoms with E-state index in [2.05, 4.69) is 30.5 Å². The van der Waals surface area contributed by atoms with Crippen LogP contribution < -0.4 is 15.4 Å². The number of carbonyl (C=O) groups is 1. The van der Waals surface area contributed by atoms with E-state index in [1.807, 2.05) is 19.1 Å². The summed E-state index contributed by atoms with van der Waals surface area (Å²) in [5, 5.41) is 6.43. The molecule has 26 heavy (non-hydrogen) atoms. The van der Waals surface area contributed by atoms with Crippen molar-refractivity contribution in [2.45, 2.75) is 52.3 Å². The number of aryl methyl sites for hydroxylation is 2. The van der Waals surface area contributed by atoms with Crippen molar-refractivity contribution >= 4 is 18.3 Å². The van der Waals surface area contributed by atoms with Crippen LogP contribution in [0.25, 0.3) is 0 Å². The summed E-state index contributed by atoms with van der Waals surface area (Å²) in [7, 11) is 0. The van der Waals surface area contributed by atoms with E-state index >= 15 is 0 Å². The summed E-state index contributed by atoms with van der Waals surface area (Å²) in [6, 6.07) is 10.2. The first-order chi connectivity index (χ1) is 12.0. The van der Waals surface area contributed by atoms with Gasteiger partial charge in [-0.15, -0.1) is 12.4 Å². The van der Waals surface area contributed by atoms with Crippen LogP contribution in [-0.4, -0.2) is 24.5 Å². The average molecular weight is 379 g/mol. The van der Waals surface area contributed by atoms with E-state index in [1.165, 1.54) is 5.56 Å². The summed E-state index contributed by atoms with van der Waals surface area (Å²) in [5.74, 6) is 1.66. The first kappa shape index (κ1) is 20.3. The number of nitrogens with one attached hydrogen (secondary N) is 2. The molecule has 1 fully saturated rings. The van der Waals surface area contributed by atoms with Crippen molar-refractivity contribution in [3.05, 3.63) is 53.0 Å². The first-order valence-electron chi connectivity index (χ1n) is 8.84. The van der Waals surface area contributed by atoms with Crippen LogP contribution in [0.5, 0.6) is 5.75 Å². The molecule has 142 valence electrons. The minimum absolute atomic E-state index is 0. The van der Waals surface area contributed by atoms with Gasteiger partial charge >= 0.3 is 0 Å². The summed E-state index contributed by atoms with van der Waals surface area (Å²) in [6.07, 6.45) is 1.88. The molecule has 6 heteroatoms. The highest BCUT2D eigenvalue weighted by atomic mass is 35.5. The number of piperidine rings is 1. The van der Waals surface area contributed by atoms with Gasteiger partial charge in [-0.25, -0.2) is 0 Å². The van der Waals surface area contributed by atoms with E-state index in [9.17, 15) is 4.79 Å². The lowest BCUT2D eigenvalue weighted by Gasteiger charge is -2.28. The molecule has 1 aromatic carbocycles. The summed E-state index contributed by atoms with van der Waals surface area (Å²) in [6.45, 7) is 7.44. The molecule has 0 aliphatic carbocycles. The van der Waals surface area contributed by atoms with Gasteiger partial charge in [0.1, 0.15) is 18.1 Å². The number of rotatable bonds is 5. The van der Waals surface area contributed by atoms with E-state index in [0.29, 0.717) is 24.2 Å². The van der Waals surface area contributed by atoms with Gasteiger partial charge in [-0.05, 0) is 63.9 Å². The number of ether oxygens (including phenoxy) is 1. The molecule has 0 saturated carbocycles. The van der Waals surface area contributed by atoms with Crippen LogP contribution in [0.15, 0.2) is 34.7 Å². The Kier molecular flexibility index (Phi) is 7.12. The summed E-state index contributed by atoms with van der Waals surface area (Å²) in [4.78, 5) is 12.3. The van der Waals surface area contributed by atoms with Crippen LogP contribution >= 0.6 is 12.4 Å². The van der Waals surface area contributed by atoms with Crippen molar-refractivity contribution in [2.75, 3.05) is 6.54 Å². The molecule has 2 aromatic rings. The molecule has 2 unspecified atom stereocenters. The molecule has 1 amide bonds. The second-order valence-corrected chi connectivity index (χ2v) is 6.87. The summed E-state index contributed by atoms with van der Waals surface area (Å²) >= 11 is 0. The highest BCUT2D eigenvalue weighted by molar-refractivity contribution is 5.91. The normalized spacial score (nSPS) is 19.5. The Bertz CT molecular complexity index is 744. The molecule has 3 rings (SSSR count). The third-order valence-electron chi connectivity index (χ3n) is 4.54. The lowest BCUT2D eigenvalue weighted by Crippen LogP contribution is -2.46. The van der Waals surface area contributed by atoms with Gasteiger partial charge in [-0.2, -0.15) is 0 Å². The molecule has 0 radical (unpaired) electrons. The maximum Gasteiger partial charge on any atom is 0.287 e. The van der Waals surface area contributed by atoms with Gasteiger partial charge in [0, 0.05) is 12.1 Å².